The van der Waals surface area contributed by atoms with Gasteiger partial charge in [-0.15, -0.1) is 0 Å². The number of carbonyl (C=O) groups excluding carboxylic acids is 1. The number of para-hydroxylation sites is 2. The van der Waals surface area contributed by atoms with Crippen molar-refractivity contribution < 1.29 is 23.7 Å². The first-order valence-electron chi connectivity index (χ1n) is 16.8. The van der Waals surface area contributed by atoms with Crippen LogP contribution in [0.2, 0.25) is 10.0 Å². The van der Waals surface area contributed by atoms with Crippen molar-refractivity contribution in [1.82, 2.24) is 19.4 Å². The lowest BCUT2D eigenvalue weighted by molar-refractivity contribution is 0.0782. The molecular weight excluding hydrogens is 665 g/mol. The van der Waals surface area contributed by atoms with E-state index in [4.69, 9.17) is 47.1 Å². The minimum Gasteiger partial charge on any atom is -0.493 e. The van der Waals surface area contributed by atoms with Crippen molar-refractivity contribution >= 4 is 46.1 Å². The summed E-state index contributed by atoms with van der Waals surface area (Å²) in [5.74, 6) is 2.18. The molecule has 1 aliphatic heterocycles. The maximum atomic E-state index is 13.8. The molecule has 264 valence electrons. The SMILES string of the molecule is CCOCCn1c(N2CCCN(CC[C@@H](CN(C)C(=O)c3cc(OC)c(OC)c(OC)c3)c3ccc(Cl)c(Cl)c3)CC2)nc2ccccc21. The molecule has 0 radical (unpaired) electrons. The highest BCUT2D eigenvalue weighted by Crippen LogP contribution is 2.39. The highest BCUT2D eigenvalue weighted by molar-refractivity contribution is 6.42. The number of amides is 1. The Kier molecular flexibility index (Phi) is 12.9. The Labute approximate surface area is 299 Å². The highest BCUT2D eigenvalue weighted by atomic mass is 35.5. The molecule has 1 saturated heterocycles. The molecule has 10 nitrogen and oxygen atoms in total. The molecule has 1 aromatic heterocycles. The molecule has 1 fully saturated rings. The first-order chi connectivity index (χ1) is 23.8. The number of benzene rings is 3. The van der Waals surface area contributed by atoms with Gasteiger partial charge in [0.25, 0.3) is 5.91 Å². The number of hydrogen-bond acceptors (Lipinski definition) is 8. The van der Waals surface area contributed by atoms with E-state index in [1.165, 1.54) is 14.2 Å². The Morgan fingerprint density at radius 3 is 2.37 bits per heavy atom. The van der Waals surface area contributed by atoms with Crippen molar-refractivity contribution in [2.45, 2.75) is 32.2 Å². The number of imidazole rings is 1. The second-order valence-electron chi connectivity index (χ2n) is 12.2. The van der Waals surface area contributed by atoms with Crippen molar-refractivity contribution in [3.05, 3.63) is 75.8 Å². The number of anilines is 1. The van der Waals surface area contributed by atoms with Crippen LogP contribution in [-0.2, 0) is 11.3 Å². The molecule has 0 N–H and O–H groups in total. The number of likely N-dealkylation sites (N-methyl/N-ethyl adjacent to an activating group) is 1. The van der Waals surface area contributed by atoms with Crippen LogP contribution in [0.25, 0.3) is 11.0 Å². The van der Waals surface area contributed by atoms with Gasteiger partial charge in [0.2, 0.25) is 11.7 Å². The van der Waals surface area contributed by atoms with E-state index in [0.29, 0.717) is 52.6 Å². The average Bonchev–Trinajstić information content (AvgIpc) is 3.31. The molecule has 49 heavy (non-hydrogen) atoms. The van der Waals surface area contributed by atoms with E-state index in [0.717, 1.165) is 74.7 Å². The molecule has 1 atom stereocenters. The number of hydrogen-bond donors (Lipinski definition) is 0. The Bertz CT molecular complexity index is 1690. The van der Waals surface area contributed by atoms with Crippen LogP contribution in [-0.4, -0.2) is 106 Å². The highest BCUT2D eigenvalue weighted by Gasteiger charge is 2.25. The minimum absolute atomic E-state index is 0.0212. The molecule has 12 heteroatoms. The number of carbonyl (C=O) groups is 1. The summed E-state index contributed by atoms with van der Waals surface area (Å²) >= 11 is 12.8. The first-order valence-corrected chi connectivity index (χ1v) is 17.5. The Morgan fingerprint density at radius 2 is 1.67 bits per heavy atom. The third kappa shape index (κ3) is 8.73. The molecule has 4 aromatic rings. The quantitative estimate of drug-likeness (QED) is 0.124. The molecule has 2 heterocycles. The second-order valence-corrected chi connectivity index (χ2v) is 13.0. The van der Waals surface area contributed by atoms with Crippen LogP contribution < -0.4 is 19.1 Å². The van der Waals surface area contributed by atoms with E-state index in [-0.39, 0.29) is 11.8 Å². The standard InChI is InChI=1S/C37H47Cl2N5O5/c1-6-49-21-20-44-32-11-8-7-10-31(32)40-37(44)43-16-9-15-42(18-19-43)17-14-27(26-12-13-29(38)30(39)22-26)25-41(2)36(45)28-23-33(46-3)35(48-5)34(24-28)47-4/h7-8,10-13,22-24,27H,6,9,14-21,25H2,1-5H3/t27-/m0/s1. The van der Waals surface area contributed by atoms with E-state index in [2.05, 4.69) is 32.6 Å². The monoisotopic (exact) mass is 711 g/mol. The summed E-state index contributed by atoms with van der Waals surface area (Å²) in [6.07, 6.45) is 1.85. The molecule has 0 saturated carbocycles. The summed E-state index contributed by atoms with van der Waals surface area (Å²) in [4.78, 5) is 25.5. The second kappa shape index (κ2) is 17.3. The molecule has 0 spiro atoms. The van der Waals surface area contributed by atoms with E-state index in [1.807, 2.05) is 38.2 Å². The van der Waals surface area contributed by atoms with Crippen molar-refractivity contribution in [2.75, 3.05) is 85.8 Å². The number of nitrogens with zero attached hydrogens (tertiary/aromatic N) is 5. The zero-order chi connectivity index (χ0) is 34.9. The van der Waals surface area contributed by atoms with E-state index < -0.39 is 0 Å². The van der Waals surface area contributed by atoms with Crippen molar-refractivity contribution in [2.24, 2.45) is 0 Å². The van der Waals surface area contributed by atoms with Crippen LogP contribution in [0, 0.1) is 0 Å². The lowest BCUT2D eigenvalue weighted by Gasteiger charge is -2.28. The van der Waals surface area contributed by atoms with E-state index >= 15 is 0 Å². The average molecular weight is 713 g/mol. The van der Waals surface area contributed by atoms with Gasteiger partial charge in [-0.25, -0.2) is 4.98 Å². The summed E-state index contributed by atoms with van der Waals surface area (Å²) in [6, 6.07) is 17.4. The van der Waals surface area contributed by atoms with E-state index in [9.17, 15) is 4.79 Å². The number of aromatic nitrogens is 2. The predicted molar refractivity (Wildman–Crippen MR) is 196 cm³/mol. The zero-order valence-electron chi connectivity index (χ0n) is 29.1. The van der Waals surface area contributed by atoms with Gasteiger partial charge < -0.3 is 38.2 Å². The van der Waals surface area contributed by atoms with Crippen molar-refractivity contribution in [3.8, 4) is 17.2 Å². The topological polar surface area (TPSA) is 81.5 Å². The minimum atomic E-state index is -0.151. The van der Waals surface area contributed by atoms with Crippen LogP contribution in [0.15, 0.2) is 54.6 Å². The number of halogens is 2. The van der Waals surface area contributed by atoms with Gasteiger partial charge in [-0.1, -0.05) is 41.4 Å². The Hall–Kier alpha value is -3.70. The lowest BCUT2D eigenvalue weighted by atomic mass is 9.94. The van der Waals surface area contributed by atoms with Crippen LogP contribution in [0.5, 0.6) is 17.2 Å². The fraction of sp³-hybridized carbons (Fsp3) is 0.459. The maximum absolute atomic E-state index is 13.8. The van der Waals surface area contributed by atoms with Gasteiger partial charge in [0.05, 0.1) is 49.0 Å². The summed E-state index contributed by atoms with van der Waals surface area (Å²) < 4.78 is 24.4. The summed E-state index contributed by atoms with van der Waals surface area (Å²) in [5.41, 5.74) is 3.63. The summed E-state index contributed by atoms with van der Waals surface area (Å²) in [5, 5.41) is 1.01. The molecule has 1 amide bonds. The van der Waals surface area contributed by atoms with Crippen molar-refractivity contribution in [3.63, 3.8) is 0 Å². The number of fused-ring (bicyclic) bond motifs is 1. The normalized spacial score (nSPS) is 14.5. The third-order valence-electron chi connectivity index (χ3n) is 9.13. The van der Waals surface area contributed by atoms with Crippen LogP contribution >= 0.6 is 23.2 Å². The number of ether oxygens (including phenoxy) is 4. The molecule has 5 rings (SSSR count). The van der Waals surface area contributed by atoms with Gasteiger partial charge in [-0.05, 0) is 74.8 Å². The third-order valence-corrected chi connectivity index (χ3v) is 9.87. The number of methoxy groups -OCH3 is 3. The summed E-state index contributed by atoms with van der Waals surface area (Å²) in [6.45, 7) is 9.16. The van der Waals surface area contributed by atoms with Crippen LogP contribution in [0.1, 0.15) is 41.6 Å². The molecule has 0 unspecified atom stereocenters. The Morgan fingerprint density at radius 1 is 0.918 bits per heavy atom. The van der Waals surface area contributed by atoms with Crippen molar-refractivity contribution in [1.29, 1.82) is 0 Å². The summed E-state index contributed by atoms with van der Waals surface area (Å²) in [7, 11) is 6.43. The predicted octanol–water partition coefficient (Wildman–Crippen LogP) is 6.86. The largest absolute Gasteiger partial charge is 0.493 e. The van der Waals surface area contributed by atoms with Gasteiger partial charge in [0.15, 0.2) is 11.5 Å². The van der Waals surface area contributed by atoms with Gasteiger partial charge >= 0.3 is 0 Å². The van der Waals surface area contributed by atoms with Crippen LogP contribution in [0.3, 0.4) is 0 Å². The molecule has 3 aromatic carbocycles. The Balaban J connectivity index is 1.30. The smallest absolute Gasteiger partial charge is 0.253 e. The lowest BCUT2D eigenvalue weighted by Crippen LogP contribution is -2.35. The maximum Gasteiger partial charge on any atom is 0.253 e. The first kappa shape index (κ1) is 36.6. The number of rotatable bonds is 15. The fourth-order valence-corrected chi connectivity index (χ4v) is 6.83. The molecule has 1 aliphatic rings. The van der Waals surface area contributed by atoms with Crippen LogP contribution in [0.4, 0.5) is 5.95 Å². The fourth-order valence-electron chi connectivity index (χ4n) is 6.53. The van der Waals surface area contributed by atoms with Gasteiger partial charge in [-0.2, -0.15) is 0 Å². The van der Waals surface area contributed by atoms with E-state index in [1.54, 1.807) is 24.1 Å². The van der Waals surface area contributed by atoms with Gasteiger partial charge in [0, 0.05) is 57.9 Å². The van der Waals surface area contributed by atoms with Gasteiger partial charge in [-0.3, -0.25) is 4.79 Å². The molecular formula is C37H47Cl2N5O5. The van der Waals surface area contributed by atoms with Gasteiger partial charge in [0.1, 0.15) is 0 Å². The zero-order valence-corrected chi connectivity index (χ0v) is 30.6. The molecule has 0 aliphatic carbocycles. The molecule has 0 bridgehead atoms.